The van der Waals surface area contributed by atoms with Gasteiger partial charge >= 0.3 is 0 Å². The summed E-state index contributed by atoms with van der Waals surface area (Å²) in [4.78, 5) is 4.00. The second-order valence-corrected chi connectivity index (χ2v) is 7.34. The van der Waals surface area contributed by atoms with Crippen LogP contribution in [0.2, 0.25) is 0 Å². The Bertz CT molecular complexity index is 560. The van der Waals surface area contributed by atoms with E-state index in [0.29, 0.717) is 10.4 Å². The molecule has 1 saturated carbocycles. The number of sulfonamides is 1. The van der Waals surface area contributed by atoms with Gasteiger partial charge in [0.15, 0.2) is 5.82 Å². The Labute approximate surface area is 121 Å². The van der Waals surface area contributed by atoms with Gasteiger partial charge in [-0.05, 0) is 47.7 Å². The summed E-state index contributed by atoms with van der Waals surface area (Å²) in [5.74, 6) is 5.86. The van der Waals surface area contributed by atoms with Crippen LogP contribution in [0, 0.1) is 5.92 Å². The Morgan fingerprint density at radius 2 is 2.21 bits per heavy atom. The predicted octanol–water partition coefficient (Wildman–Crippen LogP) is 1.60. The molecular formula is C11H17BrN4O2S. The number of anilines is 1. The number of nitrogens with zero attached hydrogens (tertiary/aromatic N) is 1. The lowest BCUT2D eigenvalue weighted by Gasteiger charge is -2.31. The van der Waals surface area contributed by atoms with Gasteiger partial charge < -0.3 is 5.43 Å². The van der Waals surface area contributed by atoms with Crippen molar-refractivity contribution in [3.63, 3.8) is 0 Å². The van der Waals surface area contributed by atoms with Crippen molar-refractivity contribution < 1.29 is 8.42 Å². The van der Waals surface area contributed by atoms with Crippen LogP contribution < -0.4 is 16.0 Å². The molecule has 6 nitrogen and oxygen atoms in total. The second kappa shape index (κ2) is 5.74. The zero-order valence-electron chi connectivity index (χ0n) is 10.6. The molecular weight excluding hydrogens is 332 g/mol. The van der Waals surface area contributed by atoms with Crippen molar-refractivity contribution in [3.05, 3.63) is 16.7 Å². The predicted molar refractivity (Wildman–Crippen MR) is 76.9 cm³/mol. The highest BCUT2D eigenvalue weighted by Crippen LogP contribution is 2.30. The third kappa shape index (κ3) is 3.25. The largest absolute Gasteiger partial charge is 0.307 e. The first-order valence-corrected chi connectivity index (χ1v) is 8.36. The Morgan fingerprint density at radius 1 is 1.53 bits per heavy atom. The normalized spacial score (nSPS) is 17.8. The van der Waals surface area contributed by atoms with E-state index < -0.39 is 10.0 Å². The van der Waals surface area contributed by atoms with Crippen LogP contribution in [0.15, 0.2) is 21.6 Å². The van der Waals surface area contributed by atoms with Gasteiger partial charge in [-0.25, -0.2) is 24.0 Å². The Hall–Kier alpha value is -0.700. The van der Waals surface area contributed by atoms with E-state index in [-0.39, 0.29) is 16.8 Å². The number of aromatic nitrogens is 1. The van der Waals surface area contributed by atoms with Gasteiger partial charge in [-0.3, -0.25) is 0 Å². The van der Waals surface area contributed by atoms with E-state index in [1.807, 2.05) is 6.92 Å². The highest BCUT2D eigenvalue weighted by Gasteiger charge is 2.29. The van der Waals surface area contributed by atoms with Crippen molar-refractivity contribution >= 4 is 31.8 Å². The molecule has 0 bridgehead atoms. The van der Waals surface area contributed by atoms with E-state index in [9.17, 15) is 8.42 Å². The molecule has 19 heavy (non-hydrogen) atoms. The van der Waals surface area contributed by atoms with Crippen LogP contribution in [0.3, 0.4) is 0 Å². The van der Waals surface area contributed by atoms with Crippen molar-refractivity contribution in [2.24, 2.45) is 11.8 Å². The van der Waals surface area contributed by atoms with Crippen molar-refractivity contribution in [1.82, 2.24) is 9.71 Å². The first-order valence-electron chi connectivity index (χ1n) is 6.08. The third-order valence-corrected chi connectivity index (χ3v) is 5.45. The number of nitrogen functional groups attached to an aromatic ring is 1. The zero-order valence-corrected chi connectivity index (χ0v) is 13.0. The van der Waals surface area contributed by atoms with E-state index in [0.717, 1.165) is 12.8 Å². The third-order valence-electron chi connectivity index (χ3n) is 3.44. The van der Waals surface area contributed by atoms with Gasteiger partial charge in [0.05, 0.1) is 0 Å². The molecule has 8 heteroatoms. The standard InChI is InChI=1S/C11H17BrN4O2S/c1-7(8-3-2-4-8)16-19(17,18)10-5-9(12)6-14-11(10)15-13/h5-8,16H,2-4,13H2,1H3,(H,14,15). The molecule has 0 saturated heterocycles. The molecule has 2 rings (SSSR count). The van der Waals surface area contributed by atoms with Gasteiger partial charge in [-0.1, -0.05) is 6.42 Å². The number of halogens is 1. The van der Waals surface area contributed by atoms with Crippen LogP contribution in [0.25, 0.3) is 0 Å². The molecule has 0 amide bonds. The first-order chi connectivity index (χ1) is 8.94. The van der Waals surface area contributed by atoms with Gasteiger partial charge in [0, 0.05) is 16.7 Å². The molecule has 1 atom stereocenters. The molecule has 1 heterocycles. The molecule has 0 radical (unpaired) electrons. The Kier molecular flexibility index (Phi) is 4.44. The molecule has 1 aliphatic rings. The fourth-order valence-electron chi connectivity index (χ4n) is 2.08. The fourth-order valence-corrected chi connectivity index (χ4v) is 4.02. The van der Waals surface area contributed by atoms with Crippen molar-refractivity contribution in [3.8, 4) is 0 Å². The van der Waals surface area contributed by atoms with Crippen LogP contribution >= 0.6 is 15.9 Å². The van der Waals surface area contributed by atoms with E-state index in [2.05, 4.69) is 31.1 Å². The zero-order chi connectivity index (χ0) is 14.0. The second-order valence-electron chi connectivity index (χ2n) is 4.75. The SMILES string of the molecule is CC(NS(=O)(=O)c1cc(Br)cnc1NN)C1CCC1. The maximum Gasteiger partial charge on any atom is 0.244 e. The number of nitrogens with one attached hydrogen (secondary N) is 2. The molecule has 1 aliphatic carbocycles. The minimum absolute atomic E-state index is 0.0514. The highest BCUT2D eigenvalue weighted by molar-refractivity contribution is 9.10. The number of pyridine rings is 1. The summed E-state index contributed by atoms with van der Waals surface area (Å²) < 4.78 is 28.0. The lowest BCUT2D eigenvalue weighted by molar-refractivity contribution is 0.260. The minimum Gasteiger partial charge on any atom is -0.307 e. The smallest absolute Gasteiger partial charge is 0.244 e. The van der Waals surface area contributed by atoms with Crippen LogP contribution in [-0.2, 0) is 10.0 Å². The Balaban J connectivity index is 2.25. The summed E-state index contributed by atoms with van der Waals surface area (Å²) in [5, 5.41) is 0. The lowest BCUT2D eigenvalue weighted by Crippen LogP contribution is -2.41. The average molecular weight is 349 g/mol. The number of rotatable bonds is 5. The average Bonchev–Trinajstić information content (AvgIpc) is 2.25. The lowest BCUT2D eigenvalue weighted by atomic mass is 9.81. The molecule has 1 fully saturated rings. The van der Waals surface area contributed by atoms with Crippen molar-refractivity contribution in [1.29, 1.82) is 0 Å². The summed E-state index contributed by atoms with van der Waals surface area (Å²) in [7, 11) is -3.63. The molecule has 1 aromatic rings. The van der Waals surface area contributed by atoms with Gasteiger partial charge in [0.2, 0.25) is 10.0 Å². The van der Waals surface area contributed by atoms with E-state index in [4.69, 9.17) is 5.84 Å². The number of hydrazine groups is 1. The number of hydrogen-bond acceptors (Lipinski definition) is 5. The van der Waals surface area contributed by atoms with Crippen LogP contribution in [-0.4, -0.2) is 19.4 Å². The summed E-state index contributed by atoms with van der Waals surface area (Å²) >= 11 is 3.21. The van der Waals surface area contributed by atoms with Gasteiger partial charge in [0.1, 0.15) is 4.90 Å². The topological polar surface area (TPSA) is 97.1 Å². The summed E-state index contributed by atoms with van der Waals surface area (Å²) in [6.07, 6.45) is 4.80. The van der Waals surface area contributed by atoms with Gasteiger partial charge in [-0.15, -0.1) is 0 Å². The number of hydrogen-bond donors (Lipinski definition) is 3. The van der Waals surface area contributed by atoms with Crippen molar-refractivity contribution in [2.75, 3.05) is 5.43 Å². The number of nitrogens with two attached hydrogens (primary N) is 1. The van der Waals surface area contributed by atoms with E-state index in [1.165, 1.54) is 18.7 Å². The quantitative estimate of drug-likeness (QED) is 0.554. The molecule has 1 unspecified atom stereocenters. The van der Waals surface area contributed by atoms with Crippen molar-refractivity contribution in [2.45, 2.75) is 37.1 Å². The van der Waals surface area contributed by atoms with Crippen LogP contribution in [0.5, 0.6) is 0 Å². The molecule has 0 spiro atoms. The van der Waals surface area contributed by atoms with Gasteiger partial charge in [-0.2, -0.15) is 0 Å². The highest BCUT2D eigenvalue weighted by atomic mass is 79.9. The monoisotopic (exact) mass is 348 g/mol. The minimum atomic E-state index is -3.63. The van der Waals surface area contributed by atoms with Crippen LogP contribution in [0.1, 0.15) is 26.2 Å². The molecule has 0 aliphatic heterocycles. The summed E-state index contributed by atoms with van der Waals surface area (Å²) in [6.45, 7) is 1.89. The molecule has 1 aromatic heterocycles. The van der Waals surface area contributed by atoms with E-state index >= 15 is 0 Å². The molecule has 0 aromatic carbocycles. The Morgan fingerprint density at radius 3 is 2.74 bits per heavy atom. The maximum atomic E-state index is 12.4. The summed E-state index contributed by atoms with van der Waals surface area (Å²) in [6, 6.07) is 1.40. The molecule has 106 valence electrons. The fraction of sp³-hybridized carbons (Fsp3) is 0.545. The first kappa shape index (κ1) is 14.7. The molecule has 4 N–H and O–H groups in total. The summed E-state index contributed by atoms with van der Waals surface area (Å²) in [5.41, 5.74) is 2.31. The van der Waals surface area contributed by atoms with E-state index in [1.54, 1.807) is 0 Å². The van der Waals surface area contributed by atoms with Gasteiger partial charge in [0.25, 0.3) is 0 Å². The van der Waals surface area contributed by atoms with Crippen LogP contribution in [0.4, 0.5) is 5.82 Å². The maximum absolute atomic E-state index is 12.4.